The maximum Gasteiger partial charge on any atom is 0.266 e. The van der Waals surface area contributed by atoms with Crippen LogP contribution in [0.2, 0.25) is 0 Å². The van der Waals surface area contributed by atoms with Gasteiger partial charge in [-0.05, 0) is 65.1 Å². The van der Waals surface area contributed by atoms with E-state index < -0.39 is 10.0 Å². The first-order valence-corrected chi connectivity index (χ1v) is 13.2. The third-order valence-corrected chi connectivity index (χ3v) is 7.77. The number of rotatable bonds is 5. The molecule has 7 nitrogen and oxygen atoms in total. The Bertz CT molecular complexity index is 1620. The van der Waals surface area contributed by atoms with Crippen molar-refractivity contribution in [1.82, 2.24) is 14.5 Å². The molecule has 5 aromatic rings. The van der Waals surface area contributed by atoms with Crippen LogP contribution in [-0.4, -0.2) is 23.0 Å². The second-order valence-electron chi connectivity index (χ2n) is 7.04. The summed E-state index contributed by atoms with van der Waals surface area (Å²) in [5.41, 5.74) is 1.66. The van der Waals surface area contributed by atoms with Crippen molar-refractivity contribution in [2.24, 2.45) is 0 Å². The van der Waals surface area contributed by atoms with Crippen molar-refractivity contribution in [2.45, 2.75) is 4.90 Å². The highest BCUT2D eigenvalue weighted by atomic mass is 127. The summed E-state index contributed by atoms with van der Waals surface area (Å²) in [6.45, 7) is 0. The number of sulfonamides is 1. The van der Waals surface area contributed by atoms with Crippen molar-refractivity contribution in [3.05, 3.63) is 98.3 Å². The van der Waals surface area contributed by atoms with E-state index in [1.54, 1.807) is 23.6 Å². The van der Waals surface area contributed by atoms with Crippen LogP contribution < -0.4 is 10.3 Å². The normalized spacial score (nSPS) is 11.5. The molecule has 164 valence electrons. The summed E-state index contributed by atoms with van der Waals surface area (Å²) >= 11 is 3.35. The van der Waals surface area contributed by atoms with E-state index in [9.17, 15) is 13.2 Å². The average molecular weight is 586 g/mol. The Morgan fingerprint density at radius 1 is 0.970 bits per heavy atom. The molecule has 5 rings (SSSR count). The highest BCUT2D eigenvalue weighted by Gasteiger charge is 2.18. The molecular weight excluding hydrogens is 571 g/mol. The van der Waals surface area contributed by atoms with Crippen LogP contribution in [0.1, 0.15) is 0 Å². The highest BCUT2D eigenvalue weighted by molar-refractivity contribution is 14.1. The standard InChI is InChI=1S/C23H15IN4O3S2/c24-16-6-11-20-19(14-16)22(29)28(21(26-20)15-4-2-1-3-5-15)17-7-9-18(10-8-17)33(30,31)27-23-25-12-13-32-23/h1-14H,(H,25,27). The zero-order valence-corrected chi connectivity index (χ0v) is 20.6. The zero-order chi connectivity index (χ0) is 23.0. The van der Waals surface area contributed by atoms with Crippen LogP contribution in [0.15, 0.2) is 94.1 Å². The number of hydrogen-bond donors (Lipinski definition) is 1. The van der Waals surface area contributed by atoms with Crippen LogP contribution in [0.3, 0.4) is 0 Å². The number of halogens is 1. The maximum absolute atomic E-state index is 13.6. The average Bonchev–Trinajstić information content (AvgIpc) is 3.32. The van der Waals surface area contributed by atoms with Crippen molar-refractivity contribution < 1.29 is 8.42 Å². The predicted octanol–water partition coefficient (Wildman–Crippen LogP) is 4.91. The fourth-order valence-corrected chi connectivity index (χ4v) is 5.68. The summed E-state index contributed by atoms with van der Waals surface area (Å²) in [6, 6.07) is 21.1. The number of thiazole rings is 1. The van der Waals surface area contributed by atoms with Gasteiger partial charge >= 0.3 is 0 Å². The lowest BCUT2D eigenvalue weighted by Gasteiger charge is -2.15. The summed E-state index contributed by atoms with van der Waals surface area (Å²) in [6.07, 6.45) is 1.52. The van der Waals surface area contributed by atoms with E-state index in [-0.39, 0.29) is 15.6 Å². The summed E-state index contributed by atoms with van der Waals surface area (Å²) in [5.74, 6) is 0.478. The molecule has 0 radical (unpaired) electrons. The second-order valence-corrected chi connectivity index (χ2v) is 10.9. The van der Waals surface area contributed by atoms with Crippen LogP contribution in [0, 0.1) is 3.57 Å². The van der Waals surface area contributed by atoms with Gasteiger partial charge in [0.05, 0.1) is 21.5 Å². The van der Waals surface area contributed by atoms with Gasteiger partial charge in [0.15, 0.2) is 5.13 Å². The van der Waals surface area contributed by atoms with Crippen molar-refractivity contribution in [2.75, 3.05) is 4.72 Å². The first-order valence-electron chi connectivity index (χ1n) is 9.73. The van der Waals surface area contributed by atoms with Crippen molar-refractivity contribution in [3.63, 3.8) is 0 Å². The number of benzene rings is 3. The lowest BCUT2D eigenvalue weighted by Crippen LogP contribution is -2.22. The molecule has 0 saturated heterocycles. The van der Waals surface area contributed by atoms with Gasteiger partial charge in [-0.3, -0.25) is 14.1 Å². The fraction of sp³-hybridized carbons (Fsp3) is 0. The molecule has 0 unspecified atom stereocenters. The van der Waals surface area contributed by atoms with Gasteiger partial charge in [0.25, 0.3) is 15.6 Å². The molecule has 1 N–H and O–H groups in total. The number of fused-ring (bicyclic) bond motifs is 1. The third-order valence-electron chi connectivity index (χ3n) is 4.92. The fourth-order valence-electron chi connectivity index (χ4n) is 3.40. The smallest absolute Gasteiger partial charge is 0.266 e. The molecule has 0 atom stereocenters. The van der Waals surface area contributed by atoms with E-state index in [1.165, 1.54) is 34.2 Å². The van der Waals surface area contributed by atoms with E-state index >= 15 is 0 Å². The molecule has 3 aromatic carbocycles. The molecule has 33 heavy (non-hydrogen) atoms. The summed E-state index contributed by atoms with van der Waals surface area (Å²) in [5, 5.41) is 2.46. The van der Waals surface area contributed by atoms with Crippen LogP contribution in [0.4, 0.5) is 5.13 Å². The molecule has 2 heterocycles. The Morgan fingerprint density at radius 2 is 1.73 bits per heavy atom. The minimum atomic E-state index is -3.80. The SMILES string of the molecule is O=c1c2cc(I)ccc2nc(-c2ccccc2)n1-c1ccc(S(=O)(=O)Nc2nccs2)cc1. The van der Waals surface area contributed by atoms with E-state index in [4.69, 9.17) is 4.98 Å². The Kier molecular flexibility index (Phi) is 5.72. The minimum absolute atomic E-state index is 0.0686. The topological polar surface area (TPSA) is 94.0 Å². The Hall–Kier alpha value is -3.09. The molecule has 0 amide bonds. The molecule has 0 saturated carbocycles. The number of nitrogens with zero attached hydrogens (tertiary/aromatic N) is 3. The van der Waals surface area contributed by atoms with Crippen molar-refractivity contribution in [1.29, 1.82) is 0 Å². The number of hydrogen-bond acceptors (Lipinski definition) is 6. The van der Waals surface area contributed by atoms with E-state index in [0.717, 1.165) is 9.13 Å². The molecule has 0 spiro atoms. The number of anilines is 1. The molecule has 0 aliphatic heterocycles. The first kappa shape index (κ1) is 21.7. The summed E-state index contributed by atoms with van der Waals surface area (Å²) in [7, 11) is -3.80. The molecule has 10 heteroatoms. The van der Waals surface area contributed by atoms with Gasteiger partial charge in [-0.15, -0.1) is 11.3 Å². The minimum Gasteiger partial charge on any atom is -0.268 e. The van der Waals surface area contributed by atoms with Gasteiger partial charge in [-0.25, -0.2) is 18.4 Å². The molecule has 2 aromatic heterocycles. The monoisotopic (exact) mass is 586 g/mol. The number of aromatic nitrogens is 3. The lowest BCUT2D eigenvalue weighted by atomic mass is 10.1. The van der Waals surface area contributed by atoms with E-state index in [1.807, 2.05) is 42.5 Å². The first-order chi connectivity index (χ1) is 15.9. The maximum atomic E-state index is 13.6. The molecular formula is C23H15IN4O3S2. The van der Waals surface area contributed by atoms with E-state index in [2.05, 4.69) is 32.3 Å². The van der Waals surface area contributed by atoms with Crippen LogP contribution in [0.5, 0.6) is 0 Å². The van der Waals surface area contributed by atoms with E-state index in [0.29, 0.717) is 22.4 Å². The molecule has 0 aliphatic carbocycles. The Balaban J connectivity index is 1.66. The van der Waals surface area contributed by atoms with Crippen LogP contribution >= 0.6 is 33.9 Å². The van der Waals surface area contributed by atoms with Crippen molar-refractivity contribution >= 4 is 60.0 Å². The molecule has 0 fully saturated rings. The summed E-state index contributed by atoms with van der Waals surface area (Å²) < 4.78 is 30.3. The van der Waals surface area contributed by atoms with Crippen LogP contribution in [0.25, 0.3) is 28.0 Å². The zero-order valence-electron chi connectivity index (χ0n) is 16.8. The number of nitrogens with one attached hydrogen (secondary N) is 1. The van der Waals surface area contributed by atoms with Gasteiger partial charge in [0, 0.05) is 20.7 Å². The predicted molar refractivity (Wildman–Crippen MR) is 138 cm³/mol. The van der Waals surface area contributed by atoms with Crippen LogP contribution in [-0.2, 0) is 10.0 Å². The third kappa shape index (κ3) is 4.28. The van der Waals surface area contributed by atoms with Gasteiger partial charge in [0.2, 0.25) is 0 Å². The molecule has 0 aliphatic rings. The Morgan fingerprint density at radius 3 is 2.42 bits per heavy atom. The van der Waals surface area contributed by atoms with Crippen molar-refractivity contribution in [3.8, 4) is 17.1 Å². The second kappa shape index (κ2) is 8.69. The highest BCUT2D eigenvalue weighted by Crippen LogP contribution is 2.24. The summed E-state index contributed by atoms with van der Waals surface area (Å²) in [4.78, 5) is 22.3. The largest absolute Gasteiger partial charge is 0.268 e. The van der Waals surface area contributed by atoms with Gasteiger partial charge in [-0.2, -0.15) is 0 Å². The quantitative estimate of drug-likeness (QED) is 0.296. The lowest BCUT2D eigenvalue weighted by molar-refractivity contribution is 0.601. The van der Waals surface area contributed by atoms with Gasteiger partial charge in [-0.1, -0.05) is 30.3 Å². The van der Waals surface area contributed by atoms with Gasteiger partial charge < -0.3 is 0 Å². The molecule has 0 bridgehead atoms. The van der Waals surface area contributed by atoms with Gasteiger partial charge in [0.1, 0.15) is 5.82 Å². The Labute approximate surface area is 207 Å².